The quantitative estimate of drug-likeness (QED) is 0.744. The average molecular weight is 240 g/mol. The molecule has 0 unspecified atom stereocenters. The van der Waals surface area contributed by atoms with Crippen LogP contribution >= 0.6 is 15.9 Å². The number of hydrogen-bond donors (Lipinski definition) is 0. The van der Waals surface area contributed by atoms with Crippen LogP contribution in [0, 0.1) is 5.92 Å². The summed E-state index contributed by atoms with van der Waals surface area (Å²) in [4.78, 5) is 15.7. The van der Waals surface area contributed by atoms with E-state index in [0.29, 0.717) is 5.69 Å². The molecule has 1 heterocycles. The normalized spacial score (nSPS) is 16.7. The second-order valence-electron chi connectivity index (χ2n) is 3.35. The van der Waals surface area contributed by atoms with Crippen molar-refractivity contribution in [3.8, 4) is 0 Å². The third kappa shape index (κ3) is 1.80. The first-order valence-electron chi connectivity index (χ1n) is 4.43. The summed E-state index contributed by atoms with van der Waals surface area (Å²) in [7, 11) is 0. The Labute approximate surface area is 85.5 Å². The summed E-state index contributed by atoms with van der Waals surface area (Å²) >= 11 is 3.29. The van der Waals surface area contributed by atoms with Gasteiger partial charge in [0, 0.05) is 16.6 Å². The average Bonchev–Trinajstić information content (AvgIpc) is 2.02. The Morgan fingerprint density at radius 2 is 2.23 bits per heavy atom. The molecule has 0 radical (unpaired) electrons. The van der Waals surface area contributed by atoms with E-state index in [9.17, 15) is 4.79 Å². The molecule has 1 aromatic rings. The molecule has 68 valence electrons. The fraction of sp³-hybridized carbons (Fsp3) is 0.400. The van der Waals surface area contributed by atoms with E-state index in [2.05, 4.69) is 20.9 Å². The Balaban J connectivity index is 2.15. The molecule has 0 saturated heterocycles. The lowest BCUT2D eigenvalue weighted by atomic mass is 9.81. The lowest BCUT2D eigenvalue weighted by Gasteiger charge is -2.23. The molecule has 0 spiro atoms. The molecular weight excluding hydrogens is 230 g/mol. The number of pyridine rings is 1. The number of halogens is 1. The summed E-state index contributed by atoms with van der Waals surface area (Å²) in [6.45, 7) is 0. The van der Waals surface area contributed by atoms with Crippen LogP contribution in [-0.2, 0) is 0 Å². The fourth-order valence-corrected chi connectivity index (χ4v) is 1.64. The van der Waals surface area contributed by atoms with Gasteiger partial charge in [0.25, 0.3) is 0 Å². The van der Waals surface area contributed by atoms with Crippen LogP contribution in [-0.4, -0.2) is 10.8 Å². The largest absolute Gasteiger partial charge is 0.292 e. The lowest BCUT2D eigenvalue weighted by Crippen LogP contribution is -2.22. The van der Waals surface area contributed by atoms with Gasteiger partial charge in [0.15, 0.2) is 5.78 Å². The van der Waals surface area contributed by atoms with Crippen molar-refractivity contribution >= 4 is 21.7 Å². The molecule has 1 aromatic heterocycles. The van der Waals surface area contributed by atoms with E-state index in [4.69, 9.17) is 0 Å². The summed E-state index contributed by atoms with van der Waals surface area (Å²) in [6.07, 6.45) is 4.94. The third-order valence-corrected chi connectivity index (χ3v) is 2.92. The third-order valence-electron chi connectivity index (χ3n) is 2.46. The molecule has 1 fully saturated rings. The van der Waals surface area contributed by atoms with Crippen molar-refractivity contribution in [2.24, 2.45) is 5.92 Å². The molecule has 3 heteroatoms. The predicted molar refractivity (Wildman–Crippen MR) is 53.6 cm³/mol. The number of aromatic nitrogens is 1. The molecule has 0 N–H and O–H groups in total. The second-order valence-corrected chi connectivity index (χ2v) is 4.27. The minimum atomic E-state index is 0.207. The molecule has 2 rings (SSSR count). The van der Waals surface area contributed by atoms with Crippen molar-refractivity contribution in [1.82, 2.24) is 4.98 Å². The molecule has 1 aliphatic carbocycles. The van der Waals surface area contributed by atoms with Crippen LogP contribution in [0.2, 0.25) is 0 Å². The van der Waals surface area contributed by atoms with E-state index >= 15 is 0 Å². The Kier molecular flexibility index (Phi) is 2.44. The maximum atomic E-state index is 11.7. The van der Waals surface area contributed by atoms with Gasteiger partial charge in [-0.15, -0.1) is 0 Å². The van der Waals surface area contributed by atoms with Crippen LogP contribution in [0.15, 0.2) is 22.8 Å². The van der Waals surface area contributed by atoms with Crippen LogP contribution in [0.25, 0.3) is 0 Å². The topological polar surface area (TPSA) is 30.0 Å². The molecule has 13 heavy (non-hydrogen) atoms. The van der Waals surface area contributed by atoms with Crippen molar-refractivity contribution in [2.75, 3.05) is 0 Å². The predicted octanol–water partition coefficient (Wildman–Crippen LogP) is 2.83. The first-order valence-corrected chi connectivity index (χ1v) is 5.22. The molecule has 1 saturated carbocycles. The van der Waals surface area contributed by atoms with Gasteiger partial charge in [-0.2, -0.15) is 0 Å². The highest BCUT2D eigenvalue weighted by Gasteiger charge is 2.26. The maximum absolute atomic E-state index is 11.7. The Hall–Kier alpha value is -0.700. The van der Waals surface area contributed by atoms with Gasteiger partial charge in [-0.3, -0.25) is 9.78 Å². The van der Waals surface area contributed by atoms with Crippen molar-refractivity contribution in [3.63, 3.8) is 0 Å². The van der Waals surface area contributed by atoms with Gasteiger partial charge < -0.3 is 0 Å². The van der Waals surface area contributed by atoms with Gasteiger partial charge in [0.2, 0.25) is 0 Å². The number of carbonyl (C=O) groups is 1. The van der Waals surface area contributed by atoms with Gasteiger partial charge in [0.1, 0.15) is 5.69 Å². The molecule has 0 amide bonds. The minimum Gasteiger partial charge on any atom is -0.292 e. The molecule has 0 bridgehead atoms. The number of hydrogen-bond acceptors (Lipinski definition) is 2. The standard InChI is InChI=1S/C10H10BrNO/c11-8-4-5-9(12-6-8)10(13)7-2-1-3-7/h4-7H,1-3H2. The Bertz CT molecular complexity index is 316. The van der Waals surface area contributed by atoms with Crippen LogP contribution < -0.4 is 0 Å². The van der Waals surface area contributed by atoms with E-state index in [-0.39, 0.29) is 11.7 Å². The van der Waals surface area contributed by atoms with Gasteiger partial charge in [-0.05, 0) is 40.9 Å². The van der Waals surface area contributed by atoms with Crippen molar-refractivity contribution in [3.05, 3.63) is 28.5 Å². The van der Waals surface area contributed by atoms with Crippen molar-refractivity contribution < 1.29 is 4.79 Å². The first kappa shape index (κ1) is 8.88. The molecule has 0 aromatic carbocycles. The minimum absolute atomic E-state index is 0.207. The van der Waals surface area contributed by atoms with Crippen molar-refractivity contribution in [2.45, 2.75) is 19.3 Å². The van der Waals surface area contributed by atoms with Crippen LogP contribution in [0.4, 0.5) is 0 Å². The molecule has 0 atom stereocenters. The van der Waals surface area contributed by atoms with Crippen molar-refractivity contribution in [1.29, 1.82) is 0 Å². The summed E-state index contributed by atoms with van der Waals surface area (Å²) in [5.41, 5.74) is 0.605. The fourth-order valence-electron chi connectivity index (χ4n) is 1.40. The maximum Gasteiger partial charge on any atom is 0.184 e. The molecule has 2 nitrogen and oxygen atoms in total. The van der Waals surface area contributed by atoms with E-state index in [0.717, 1.165) is 17.3 Å². The Morgan fingerprint density at radius 1 is 1.46 bits per heavy atom. The van der Waals surface area contributed by atoms with Crippen LogP contribution in [0.3, 0.4) is 0 Å². The Morgan fingerprint density at radius 3 is 2.69 bits per heavy atom. The highest BCUT2D eigenvalue weighted by molar-refractivity contribution is 9.10. The van der Waals surface area contributed by atoms with E-state index in [1.54, 1.807) is 12.3 Å². The lowest BCUT2D eigenvalue weighted by molar-refractivity contribution is 0.0850. The highest BCUT2D eigenvalue weighted by atomic mass is 79.9. The van der Waals surface area contributed by atoms with Gasteiger partial charge in [-0.25, -0.2) is 0 Å². The van der Waals surface area contributed by atoms with Gasteiger partial charge in [0.05, 0.1) is 0 Å². The number of rotatable bonds is 2. The highest BCUT2D eigenvalue weighted by Crippen LogP contribution is 2.29. The number of ketones is 1. The zero-order chi connectivity index (χ0) is 9.26. The van der Waals surface area contributed by atoms with E-state index in [1.807, 2.05) is 6.07 Å². The summed E-state index contributed by atoms with van der Waals surface area (Å²) < 4.78 is 0.914. The van der Waals surface area contributed by atoms with Gasteiger partial charge >= 0.3 is 0 Å². The molecule has 1 aliphatic rings. The monoisotopic (exact) mass is 239 g/mol. The van der Waals surface area contributed by atoms with E-state index in [1.165, 1.54) is 6.42 Å². The summed E-state index contributed by atoms with van der Waals surface area (Å²) in [6, 6.07) is 3.64. The summed E-state index contributed by atoms with van der Waals surface area (Å²) in [5.74, 6) is 0.451. The molecule has 0 aliphatic heterocycles. The zero-order valence-corrected chi connectivity index (χ0v) is 8.75. The van der Waals surface area contributed by atoms with Crippen LogP contribution in [0.1, 0.15) is 29.8 Å². The zero-order valence-electron chi connectivity index (χ0n) is 7.16. The smallest absolute Gasteiger partial charge is 0.184 e. The SMILES string of the molecule is O=C(c1ccc(Br)cn1)C1CCC1. The first-order chi connectivity index (χ1) is 6.27. The molecular formula is C10H10BrNO. The van der Waals surface area contributed by atoms with Gasteiger partial charge in [-0.1, -0.05) is 6.42 Å². The number of carbonyl (C=O) groups excluding carboxylic acids is 1. The second kappa shape index (κ2) is 3.58. The number of nitrogens with zero attached hydrogens (tertiary/aromatic N) is 1. The summed E-state index contributed by atoms with van der Waals surface area (Å²) in [5, 5.41) is 0. The van der Waals surface area contributed by atoms with E-state index < -0.39 is 0 Å². The number of Topliss-reactive ketones (excluding diaryl/α,β-unsaturated/α-hetero) is 1. The van der Waals surface area contributed by atoms with Crippen LogP contribution in [0.5, 0.6) is 0 Å².